The number of nitrogens with zero attached hydrogens (tertiary/aromatic N) is 2. The van der Waals surface area contributed by atoms with E-state index in [0.29, 0.717) is 55.2 Å². The molecule has 1 aliphatic heterocycles. The molecule has 9 heteroatoms. The highest BCUT2D eigenvalue weighted by molar-refractivity contribution is 9.10. The van der Waals surface area contributed by atoms with Crippen molar-refractivity contribution in [3.63, 3.8) is 0 Å². The number of benzene rings is 2. The molecule has 1 saturated heterocycles. The van der Waals surface area contributed by atoms with Gasteiger partial charge in [0.15, 0.2) is 0 Å². The van der Waals surface area contributed by atoms with E-state index in [2.05, 4.69) is 15.9 Å². The van der Waals surface area contributed by atoms with Crippen molar-refractivity contribution in [2.24, 2.45) is 5.92 Å². The number of hydrogen-bond acceptors (Lipinski definition) is 5. The average Bonchev–Trinajstić information content (AvgIpc) is 2.90. The maximum absolute atomic E-state index is 13.7. The molecule has 0 bridgehead atoms. The molecule has 2 heterocycles. The molecular formula is C28H29BrN2O6. The van der Waals surface area contributed by atoms with Crippen LogP contribution in [0, 0.1) is 5.92 Å². The highest BCUT2D eigenvalue weighted by Gasteiger charge is 2.28. The third-order valence-electron chi connectivity index (χ3n) is 6.86. The lowest BCUT2D eigenvalue weighted by Gasteiger charge is -2.33. The van der Waals surface area contributed by atoms with E-state index in [1.54, 1.807) is 15.5 Å². The number of amides is 1. The van der Waals surface area contributed by atoms with Gasteiger partial charge in [0, 0.05) is 47.9 Å². The van der Waals surface area contributed by atoms with Crippen LogP contribution >= 0.6 is 15.9 Å². The molecule has 3 aromatic rings. The Labute approximate surface area is 223 Å². The number of fused-ring (bicyclic) bond motifs is 1. The third-order valence-corrected chi connectivity index (χ3v) is 7.36. The summed E-state index contributed by atoms with van der Waals surface area (Å²) in [7, 11) is 1.31. The topological polar surface area (TPSA) is 106 Å². The SMILES string of the molecule is COC(=O)c1c(-c2ccccc2)c2cc(Br)ccc2c(=O)n1CC1CCN(C(=O)CCCC(=O)O)CC1. The van der Waals surface area contributed by atoms with Crippen LogP contribution in [0.2, 0.25) is 0 Å². The number of esters is 1. The highest BCUT2D eigenvalue weighted by Crippen LogP contribution is 2.33. The molecule has 0 spiro atoms. The van der Waals surface area contributed by atoms with Gasteiger partial charge in [-0.15, -0.1) is 0 Å². The maximum Gasteiger partial charge on any atom is 0.355 e. The zero-order valence-corrected chi connectivity index (χ0v) is 22.2. The van der Waals surface area contributed by atoms with E-state index in [1.165, 1.54) is 7.11 Å². The minimum atomic E-state index is -0.907. The van der Waals surface area contributed by atoms with Crippen LogP contribution < -0.4 is 5.56 Å². The number of rotatable bonds is 8. The van der Waals surface area contributed by atoms with E-state index in [-0.39, 0.29) is 35.9 Å². The number of carbonyl (C=O) groups is 3. The Morgan fingerprint density at radius 3 is 2.38 bits per heavy atom. The summed E-state index contributed by atoms with van der Waals surface area (Å²) in [5.41, 5.74) is 1.42. The van der Waals surface area contributed by atoms with Crippen molar-refractivity contribution in [1.82, 2.24) is 9.47 Å². The number of aromatic nitrogens is 1. The fourth-order valence-electron chi connectivity index (χ4n) is 4.97. The Balaban J connectivity index is 1.68. The minimum absolute atomic E-state index is 0.0241. The number of piperidine rings is 1. The lowest BCUT2D eigenvalue weighted by atomic mass is 9.93. The number of pyridine rings is 1. The van der Waals surface area contributed by atoms with Crippen LogP contribution in [0.5, 0.6) is 0 Å². The van der Waals surface area contributed by atoms with Crippen LogP contribution in [0.3, 0.4) is 0 Å². The second-order valence-corrected chi connectivity index (χ2v) is 10.2. The van der Waals surface area contributed by atoms with Gasteiger partial charge in [-0.2, -0.15) is 0 Å². The molecule has 4 rings (SSSR count). The van der Waals surface area contributed by atoms with E-state index < -0.39 is 11.9 Å². The van der Waals surface area contributed by atoms with Gasteiger partial charge in [0.1, 0.15) is 5.69 Å². The quantitative estimate of drug-likeness (QED) is 0.394. The van der Waals surface area contributed by atoms with Crippen molar-refractivity contribution in [3.05, 3.63) is 69.1 Å². The van der Waals surface area contributed by atoms with Gasteiger partial charge >= 0.3 is 11.9 Å². The van der Waals surface area contributed by atoms with Crippen molar-refractivity contribution in [3.8, 4) is 11.1 Å². The highest BCUT2D eigenvalue weighted by atomic mass is 79.9. The zero-order chi connectivity index (χ0) is 26.5. The summed E-state index contributed by atoms with van der Waals surface area (Å²) in [6.07, 6.45) is 1.86. The number of carboxylic acids is 1. The van der Waals surface area contributed by atoms with Gasteiger partial charge in [-0.1, -0.05) is 46.3 Å². The summed E-state index contributed by atoms with van der Waals surface area (Å²) >= 11 is 3.49. The van der Waals surface area contributed by atoms with E-state index in [0.717, 1.165) is 10.0 Å². The summed E-state index contributed by atoms with van der Waals surface area (Å²) in [6, 6.07) is 14.9. The lowest BCUT2D eigenvalue weighted by Crippen LogP contribution is -2.40. The van der Waals surface area contributed by atoms with Gasteiger partial charge in [0.05, 0.1) is 7.11 Å². The molecule has 0 aliphatic carbocycles. The lowest BCUT2D eigenvalue weighted by molar-refractivity contribution is -0.137. The van der Waals surface area contributed by atoms with Gasteiger partial charge in [0.2, 0.25) is 5.91 Å². The Kier molecular flexibility index (Phi) is 8.43. The molecular weight excluding hydrogens is 540 g/mol. The van der Waals surface area contributed by atoms with Crippen LogP contribution in [0.25, 0.3) is 21.9 Å². The molecule has 194 valence electrons. The summed E-state index contributed by atoms with van der Waals surface area (Å²) in [6.45, 7) is 1.39. The van der Waals surface area contributed by atoms with Crippen LogP contribution in [-0.4, -0.2) is 52.6 Å². The van der Waals surface area contributed by atoms with Crippen LogP contribution in [0.1, 0.15) is 42.6 Å². The Morgan fingerprint density at radius 1 is 1.03 bits per heavy atom. The first kappa shape index (κ1) is 26.6. The van der Waals surface area contributed by atoms with Crippen LogP contribution in [0.15, 0.2) is 57.8 Å². The van der Waals surface area contributed by atoms with Crippen molar-refractivity contribution in [1.29, 1.82) is 0 Å². The van der Waals surface area contributed by atoms with E-state index in [4.69, 9.17) is 9.84 Å². The van der Waals surface area contributed by atoms with Crippen molar-refractivity contribution in [2.75, 3.05) is 20.2 Å². The molecule has 1 fully saturated rings. The first-order valence-corrected chi connectivity index (χ1v) is 13.1. The number of hydrogen-bond donors (Lipinski definition) is 1. The summed E-state index contributed by atoms with van der Waals surface area (Å²) in [5.74, 6) is -1.45. The smallest absolute Gasteiger partial charge is 0.355 e. The van der Waals surface area contributed by atoms with E-state index in [1.807, 2.05) is 42.5 Å². The molecule has 0 atom stereocenters. The van der Waals surface area contributed by atoms with E-state index >= 15 is 0 Å². The second kappa shape index (κ2) is 11.7. The molecule has 0 saturated carbocycles. The monoisotopic (exact) mass is 568 g/mol. The van der Waals surface area contributed by atoms with Crippen molar-refractivity contribution >= 4 is 44.5 Å². The van der Waals surface area contributed by atoms with Gasteiger partial charge in [-0.25, -0.2) is 4.79 Å². The predicted octanol–water partition coefficient (Wildman–Crippen LogP) is 4.71. The number of halogens is 1. The summed E-state index contributed by atoms with van der Waals surface area (Å²) in [5, 5.41) is 9.98. The maximum atomic E-state index is 13.7. The molecule has 1 N–H and O–H groups in total. The van der Waals surface area contributed by atoms with Gasteiger partial charge in [-0.3, -0.25) is 14.4 Å². The molecule has 1 amide bonds. The van der Waals surface area contributed by atoms with E-state index in [9.17, 15) is 19.2 Å². The minimum Gasteiger partial charge on any atom is -0.481 e. The molecule has 0 radical (unpaired) electrons. The van der Waals surface area contributed by atoms with Gasteiger partial charge in [-0.05, 0) is 54.3 Å². The largest absolute Gasteiger partial charge is 0.481 e. The second-order valence-electron chi connectivity index (χ2n) is 9.26. The molecule has 2 aromatic carbocycles. The number of likely N-dealkylation sites (tertiary alicyclic amines) is 1. The van der Waals surface area contributed by atoms with Crippen LogP contribution in [0.4, 0.5) is 0 Å². The Hall–Kier alpha value is -3.46. The fourth-order valence-corrected chi connectivity index (χ4v) is 5.33. The zero-order valence-electron chi connectivity index (χ0n) is 20.6. The number of methoxy groups -OCH3 is 1. The summed E-state index contributed by atoms with van der Waals surface area (Å²) in [4.78, 5) is 51.8. The first-order chi connectivity index (χ1) is 17.8. The number of aliphatic carboxylic acids is 1. The molecule has 37 heavy (non-hydrogen) atoms. The van der Waals surface area contributed by atoms with Crippen molar-refractivity contribution in [2.45, 2.75) is 38.6 Å². The average molecular weight is 569 g/mol. The number of carbonyl (C=O) groups excluding carboxylic acids is 2. The summed E-state index contributed by atoms with van der Waals surface area (Å²) < 4.78 is 7.50. The normalized spacial score (nSPS) is 14.1. The predicted molar refractivity (Wildman–Crippen MR) is 143 cm³/mol. The number of ether oxygens (including phenoxy) is 1. The molecule has 1 aliphatic rings. The molecule has 0 unspecified atom stereocenters. The Bertz CT molecular complexity index is 1380. The first-order valence-electron chi connectivity index (χ1n) is 12.3. The van der Waals surface area contributed by atoms with Gasteiger partial charge < -0.3 is 19.3 Å². The third kappa shape index (κ3) is 5.93. The molecule has 1 aromatic heterocycles. The van der Waals surface area contributed by atoms with Crippen molar-refractivity contribution < 1.29 is 24.2 Å². The van der Waals surface area contributed by atoms with Gasteiger partial charge in [0.25, 0.3) is 5.56 Å². The number of carboxylic acid groups (broad SMARTS) is 1. The Morgan fingerprint density at radius 2 is 1.73 bits per heavy atom. The molecule has 8 nitrogen and oxygen atoms in total. The van der Waals surface area contributed by atoms with Crippen LogP contribution in [-0.2, 0) is 20.9 Å². The fraction of sp³-hybridized carbons (Fsp3) is 0.357. The standard InChI is InChI=1S/C28H29BrN2O6/c1-37-28(36)26-25(19-6-3-2-4-7-19)22-16-20(29)10-11-21(22)27(35)31(26)17-18-12-14-30(15-13-18)23(32)8-5-9-24(33)34/h2-4,6-7,10-11,16,18H,5,8-9,12-15,17H2,1H3,(H,33,34).